The van der Waals surface area contributed by atoms with Crippen LogP contribution in [0.3, 0.4) is 0 Å². The van der Waals surface area contributed by atoms with Gasteiger partial charge in [-0.2, -0.15) is 13.2 Å². The van der Waals surface area contributed by atoms with Gasteiger partial charge in [0.15, 0.2) is 0 Å². The van der Waals surface area contributed by atoms with E-state index >= 15 is 0 Å². The Hall–Kier alpha value is -1.34. The Labute approximate surface area is 138 Å². The van der Waals surface area contributed by atoms with Crippen molar-refractivity contribution in [2.24, 2.45) is 0 Å². The molecule has 1 saturated heterocycles. The van der Waals surface area contributed by atoms with Crippen LogP contribution in [0.25, 0.3) is 0 Å². The van der Waals surface area contributed by atoms with Crippen LogP contribution >= 0.6 is 12.4 Å². The lowest BCUT2D eigenvalue weighted by Crippen LogP contribution is -2.42. The van der Waals surface area contributed by atoms with Crippen molar-refractivity contribution in [3.05, 3.63) is 35.1 Å². The van der Waals surface area contributed by atoms with Crippen LogP contribution in [0.4, 0.5) is 17.6 Å². The van der Waals surface area contributed by atoms with E-state index in [0.717, 1.165) is 25.1 Å². The van der Waals surface area contributed by atoms with Crippen LogP contribution in [-0.2, 0) is 6.18 Å². The number of rotatable bonds is 4. The molecule has 2 rings (SSSR count). The minimum atomic E-state index is -4.68. The van der Waals surface area contributed by atoms with Crippen LogP contribution in [0.5, 0.6) is 0 Å². The lowest BCUT2D eigenvalue weighted by Gasteiger charge is -2.28. The molecule has 0 spiro atoms. The molecule has 0 aliphatic carbocycles. The summed E-state index contributed by atoms with van der Waals surface area (Å²) in [4.78, 5) is 14.1. The van der Waals surface area contributed by atoms with Crippen molar-refractivity contribution in [2.45, 2.75) is 32.0 Å². The quantitative estimate of drug-likeness (QED) is 0.840. The number of halogens is 5. The van der Waals surface area contributed by atoms with Crippen molar-refractivity contribution in [3.63, 3.8) is 0 Å². The Morgan fingerprint density at radius 3 is 2.57 bits per heavy atom. The van der Waals surface area contributed by atoms with Crippen molar-refractivity contribution >= 4 is 18.3 Å². The van der Waals surface area contributed by atoms with E-state index in [0.29, 0.717) is 25.6 Å². The van der Waals surface area contributed by atoms with Gasteiger partial charge in [-0.15, -0.1) is 12.4 Å². The third-order valence-corrected chi connectivity index (χ3v) is 3.67. The fourth-order valence-corrected chi connectivity index (χ4v) is 2.64. The molecule has 1 aliphatic heterocycles. The highest BCUT2D eigenvalue weighted by Crippen LogP contribution is 2.31. The third-order valence-electron chi connectivity index (χ3n) is 3.67. The summed E-state index contributed by atoms with van der Waals surface area (Å²) in [5.74, 6) is -1.61. The summed E-state index contributed by atoms with van der Waals surface area (Å²) in [7, 11) is 0. The molecule has 0 aromatic heterocycles. The number of carbonyl (C=O) groups is 1. The van der Waals surface area contributed by atoms with Gasteiger partial charge < -0.3 is 10.2 Å². The Balaban J connectivity index is 0.00000264. The zero-order chi connectivity index (χ0) is 16.3. The second-order valence-corrected chi connectivity index (χ2v) is 5.37. The maximum atomic E-state index is 13.5. The molecule has 8 heteroatoms. The number of carbonyl (C=O) groups excluding carboxylic acids is 1. The van der Waals surface area contributed by atoms with Crippen molar-refractivity contribution in [3.8, 4) is 0 Å². The van der Waals surface area contributed by atoms with Gasteiger partial charge in [-0.05, 0) is 37.6 Å². The molecule has 1 aliphatic rings. The number of amides is 1. The van der Waals surface area contributed by atoms with E-state index in [1.54, 1.807) is 0 Å². The fourth-order valence-electron chi connectivity index (χ4n) is 2.64. The van der Waals surface area contributed by atoms with Gasteiger partial charge in [-0.25, -0.2) is 4.39 Å². The lowest BCUT2D eigenvalue weighted by molar-refractivity contribution is -0.137. The summed E-state index contributed by atoms with van der Waals surface area (Å²) in [6.07, 6.45) is -3.25. The maximum absolute atomic E-state index is 13.5. The number of hydrogen-bond donors (Lipinski definition) is 1. The lowest BCUT2D eigenvalue weighted by atomic mass is 10.1. The average Bonchev–Trinajstić information content (AvgIpc) is 2.96. The zero-order valence-electron chi connectivity index (χ0n) is 12.6. The average molecular weight is 355 g/mol. The first-order valence-corrected chi connectivity index (χ1v) is 7.22. The molecule has 0 bridgehead atoms. The monoisotopic (exact) mass is 354 g/mol. The topological polar surface area (TPSA) is 32.3 Å². The van der Waals surface area contributed by atoms with Crippen LogP contribution in [0.15, 0.2) is 18.2 Å². The van der Waals surface area contributed by atoms with E-state index in [1.165, 1.54) is 4.90 Å². The molecule has 130 valence electrons. The van der Waals surface area contributed by atoms with Crippen LogP contribution in [0.2, 0.25) is 0 Å². The molecule has 1 fully saturated rings. The number of benzene rings is 1. The van der Waals surface area contributed by atoms with Crippen LogP contribution in [0, 0.1) is 5.82 Å². The molecule has 1 amide bonds. The van der Waals surface area contributed by atoms with Crippen molar-refractivity contribution in [1.82, 2.24) is 10.2 Å². The number of hydrogen-bond acceptors (Lipinski definition) is 2. The first-order chi connectivity index (χ1) is 10.3. The Kier molecular flexibility index (Phi) is 6.83. The molecule has 0 radical (unpaired) electrons. The highest BCUT2D eigenvalue weighted by Gasteiger charge is 2.33. The van der Waals surface area contributed by atoms with E-state index in [-0.39, 0.29) is 24.0 Å². The minimum absolute atomic E-state index is 0. The number of nitrogens with one attached hydrogen (secondary N) is 1. The van der Waals surface area contributed by atoms with E-state index in [2.05, 4.69) is 5.32 Å². The molecule has 1 aromatic carbocycles. The van der Waals surface area contributed by atoms with Gasteiger partial charge in [0.1, 0.15) is 5.82 Å². The van der Waals surface area contributed by atoms with Crippen LogP contribution in [0.1, 0.15) is 35.7 Å². The van der Waals surface area contributed by atoms with E-state index in [1.807, 2.05) is 6.92 Å². The molecule has 1 unspecified atom stereocenters. The Bertz CT molecular complexity index is 545. The van der Waals surface area contributed by atoms with Gasteiger partial charge in [0.2, 0.25) is 0 Å². The maximum Gasteiger partial charge on any atom is 0.416 e. The normalized spacial score (nSPS) is 17.7. The van der Waals surface area contributed by atoms with Gasteiger partial charge in [0.05, 0.1) is 5.56 Å². The highest BCUT2D eigenvalue weighted by atomic mass is 35.5. The summed E-state index contributed by atoms with van der Waals surface area (Å²) in [6.45, 7) is 3.68. The molecule has 1 aromatic rings. The van der Waals surface area contributed by atoms with Gasteiger partial charge in [-0.3, -0.25) is 4.79 Å². The minimum Gasteiger partial charge on any atom is -0.334 e. The van der Waals surface area contributed by atoms with Gasteiger partial charge in [0, 0.05) is 24.7 Å². The predicted octanol–water partition coefficient (Wildman–Crippen LogP) is 3.48. The van der Waals surface area contributed by atoms with E-state index in [9.17, 15) is 22.4 Å². The molecule has 0 saturated carbocycles. The predicted molar refractivity (Wildman–Crippen MR) is 81.3 cm³/mol. The van der Waals surface area contributed by atoms with Crippen LogP contribution < -0.4 is 5.32 Å². The SMILES string of the molecule is CCCN(C(=O)c1cc(F)cc(C(F)(F)F)c1)C1CCNC1.Cl. The van der Waals surface area contributed by atoms with Crippen LogP contribution in [-0.4, -0.2) is 36.5 Å². The molecule has 1 heterocycles. The van der Waals surface area contributed by atoms with Gasteiger partial charge in [0.25, 0.3) is 5.91 Å². The smallest absolute Gasteiger partial charge is 0.334 e. The fraction of sp³-hybridized carbons (Fsp3) is 0.533. The summed E-state index contributed by atoms with van der Waals surface area (Å²) < 4.78 is 51.7. The second kappa shape index (κ2) is 7.97. The number of nitrogens with zero attached hydrogens (tertiary/aromatic N) is 1. The Morgan fingerprint density at radius 2 is 2.04 bits per heavy atom. The molecule has 23 heavy (non-hydrogen) atoms. The summed E-state index contributed by atoms with van der Waals surface area (Å²) >= 11 is 0. The standard InChI is InChI=1S/C15H18F4N2O.ClH/c1-2-5-21(13-3-4-20-9-13)14(22)10-6-11(15(17,18)19)8-12(16)7-10;/h6-8,13,20H,2-5,9H2,1H3;1H. The third kappa shape index (κ3) is 4.81. The van der Waals surface area contributed by atoms with Gasteiger partial charge in [-0.1, -0.05) is 6.92 Å². The van der Waals surface area contributed by atoms with E-state index in [4.69, 9.17) is 0 Å². The molecular weight excluding hydrogens is 336 g/mol. The zero-order valence-corrected chi connectivity index (χ0v) is 13.4. The molecule has 1 atom stereocenters. The largest absolute Gasteiger partial charge is 0.416 e. The van der Waals surface area contributed by atoms with E-state index < -0.39 is 23.5 Å². The highest BCUT2D eigenvalue weighted by molar-refractivity contribution is 5.94. The van der Waals surface area contributed by atoms with Crippen molar-refractivity contribution in [1.29, 1.82) is 0 Å². The first kappa shape index (κ1) is 19.7. The molecule has 1 N–H and O–H groups in total. The molecular formula is C15H19ClF4N2O. The summed E-state index contributed by atoms with van der Waals surface area (Å²) in [5.41, 5.74) is -1.40. The van der Waals surface area contributed by atoms with Crippen molar-refractivity contribution in [2.75, 3.05) is 19.6 Å². The Morgan fingerprint density at radius 1 is 1.35 bits per heavy atom. The number of alkyl halides is 3. The van der Waals surface area contributed by atoms with Crippen molar-refractivity contribution < 1.29 is 22.4 Å². The summed E-state index contributed by atoms with van der Waals surface area (Å²) in [6, 6.07) is 1.92. The van der Waals surface area contributed by atoms with Gasteiger partial charge >= 0.3 is 6.18 Å². The summed E-state index contributed by atoms with van der Waals surface area (Å²) in [5, 5.41) is 3.12. The second-order valence-electron chi connectivity index (χ2n) is 5.37. The molecule has 3 nitrogen and oxygen atoms in total. The first-order valence-electron chi connectivity index (χ1n) is 7.22.